The third-order valence-electron chi connectivity index (χ3n) is 3.21. The smallest absolute Gasteiger partial charge is 0.133 e. The van der Waals surface area contributed by atoms with Crippen LogP contribution in [0.2, 0.25) is 0 Å². The van der Waals surface area contributed by atoms with Crippen LogP contribution in [0.25, 0.3) is 0 Å². The van der Waals surface area contributed by atoms with Gasteiger partial charge in [0.25, 0.3) is 0 Å². The Morgan fingerprint density at radius 2 is 1.85 bits per heavy atom. The Morgan fingerprint density at radius 1 is 1.10 bits per heavy atom. The van der Waals surface area contributed by atoms with Crippen molar-refractivity contribution in [3.05, 3.63) is 62.0 Å². The predicted octanol–water partition coefficient (Wildman–Crippen LogP) is 4.80. The van der Waals surface area contributed by atoms with E-state index >= 15 is 0 Å². The number of methoxy groups -OCH3 is 1. The molecule has 0 aliphatic carbocycles. The second-order valence-corrected chi connectivity index (χ2v) is 6.41. The molecule has 2 nitrogen and oxygen atoms in total. The molecule has 106 valence electrons. The van der Waals surface area contributed by atoms with Crippen molar-refractivity contribution < 1.29 is 9.84 Å². The van der Waals surface area contributed by atoms with Gasteiger partial charge in [-0.2, -0.15) is 0 Å². The summed E-state index contributed by atoms with van der Waals surface area (Å²) < 4.78 is 7.16. The molecule has 2 rings (SSSR count). The quantitative estimate of drug-likeness (QED) is 0.799. The lowest BCUT2D eigenvalue weighted by atomic mass is 10.00. The summed E-state index contributed by atoms with van der Waals surface area (Å²) in [5, 5.41) is 10.3. The molecule has 0 saturated carbocycles. The van der Waals surface area contributed by atoms with Crippen LogP contribution in [0.1, 0.15) is 22.8 Å². The van der Waals surface area contributed by atoms with E-state index in [0.29, 0.717) is 6.42 Å². The fourth-order valence-electron chi connectivity index (χ4n) is 2.05. The molecule has 0 aromatic heterocycles. The Hall–Kier alpha value is -0.840. The first kappa shape index (κ1) is 15.5. The molecule has 0 amide bonds. The van der Waals surface area contributed by atoms with E-state index in [0.717, 1.165) is 31.4 Å². The molecular formula is C16H16Br2O2. The maximum atomic E-state index is 10.3. The summed E-state index contributed by atoms with van der Waals surface area (Å²) in [6, 6.07) is 11.8. The molecule has 0 aliphatic heterocycles. The highest BCUT2D eigenvalue weighted by atomic mass is 79.9. The first-order valence-electron chi connectivity index (χ1n) is 6.28. The second kappa shape index (κ2) is 6.74. The van der Waals surface area contributed by atoms with Gasteiger partial charge in [-0.3, -0.25) is 0 Å². The molecule has 4 heteroatoms. The molecule has 1 atom stereocenters. The van der Waals surface area contributed by atoms with Crippen LogP contribution >= 0.6 is 31.9 Å². The average Bonchev–Trinajstić information content (AvgIpc) is 2.42. The van der Waals surface area contributed by atoms with Crippen LogP contribution in [-0.2, 0) is 6.42 Å². The van der Waals surface area contributed by atoms with Gasteiger partial charge in [0, 0.05) is 10.9 Å². The fourth-order valence-corrected chi connectivity index (χ4v) is 2.89. The number of aliphatic hydroxyl groups excluding tert-OH is 1. The number of ether oxygens (including phenoxy) is 1. The van der Waals surface area contributed by atoms with Gasteiger partial charge < -0.3 is 9.84 Å². The number of halogens is 2. The SMILES string of the molecule is COc1ccc(CC(O)c2ccc(Br)c(C)c2)cc1Br. The number of aliphatic hydroxyl groups is 1. The standard InChI is InChI=1S/C16H16Br2O2/c1-10-7-12(4-5-13(10)17)15(19)9-11-3-6-16(20-2)14(18)8-11/h3-8,15,19H,9H2,1-2H3. The topological polar surface area (TPSA) is 29.5 Å². The molecule has 2 aromatic carbocycles. The van der Waals surface area contributed by atoms with Crippen molar-refractivity contribution in [2.24, 2.45) is 0 Å². The fraction of sp³-hybridized carbons (Fsp3) is 0.250. The van der Waals surface area contributed by atoms with Gasteiger partial charge in [-0.15, -0.1) is 0 Å². The van der Waals surface area contributed by atoms with Gasteiger partial charge in [-0.25, -0.2) is 0 Å². The van der Waals surface area contributed by atoms with Gasteiger partial charge in [0.05, 0.1) is 17.7 Å². The van der Waals surface area contributed by atoms with Crippen molar-refractivity contribution in [3.8, 4) is 5.75 Å². The lowest BCUT2D eigenvalue weighted by Gasteiger charge is -2.13. The highest BCUT2D eigenvalue weighted by Crippen LogP contribution is 2.28. The minimum absolute atomic E-state index is 0.512. The van der Waals surface area contributed by atoms with Crippen molar-refractivity contribution in [2.45, 2.75) is 19.4 Å². The van der Waals surface area contributed by atoms with Gasteiger partial charge in [0.15, 0.2) is 0 Å². The molecule has 0 spiro atoms. The maximum Gasteiger partial charge on any atom is 0.133 e. The Labute approximate surface area is 136 Å². The molecule has 0 heterocycles. The van der Waals surface area contributed by atoms with E-state index in [1.165, 1.54) is 0 Å². The lowest BCUT2D eigenvalue weighted by molar-refractivity contribution is 0.178. The number of benzene rings is 2. The summed E-state index contributed by atoms with van der Waals surface area (Å²) >= 11 is 6.93. The summed E-state index contributed by atoms with van der Waals surface area (Å²) in [5.74, 6) is 0.794. The molecule has 0 radical (unpaired) electrons. The third-order valence-corrected chi connectivity index (χ3v) is 4.72. The molecule has 0 saturated heterocycles. The summed E-state index contributed by atoms with van der Waals surface area (Å²) in [7, 11) is 1.64. The van der Waals surface area contributed by atoms with Gasteiger partial charge in [0.2, 0.25) is 0 Å². The Kier molecular flexibility index (Phi) is 5.24. The molecule has 20 heavy (non-hydrogen) atoms. The van der Waals surface area contributed by atoms with Crippen LogP contribution in [0.4, 0.5) is 0 Å². The minimum atomic E-state index is -0.512. The minimum Gasteiger partial charge on any atom is -0.496 e. The highest BCUT2D eigenvalue weighted by molar-refractivity contribution is 9.10. The van der Waals surface area contributed by atoms with Crippen molar-refractivity contribution in [1.82, 2.24) is 0 Å². The van der Waals surface area contributed by atoms with E-state index in [9.17, 15) is 5.11 Å². The Morgan fingerprint density at radius 3 is 2.45 bits per heavy atom. The number of rotatable bonds is 4. The summed E-state index contributed by atoms with van der Waals surface area (Å²) in [6.07, 6.45) is 0.0611. The van der Waals surface area contributed by atoms with Crippen LogP contribution < -0.4 is 4.74 Å². The number of hydrogen-bond acceptors (Lipinski definition) is 2. The zero-order valence-electron chi connectivity index (χ0n) is 11.4. The van der Waals surface area contributed by atoms with Crippen molar-refractivity contribution in [1.29, 1.82) is 0 Å². The molecule has 0 aliphatic rings. The Balaban J connectivity index is 2.16. The van der Waals surface area contributed by atoms with Gasteiger partial charge >= 0.3 is 0 Å². The van der Waals surface area contributed by atoms with E-state index in [4.69, 9.17) is 4.74 Å². The Bertz CT molecular complexity index is 611. The van der Waals surface area contributed by atoms with Crippen molar-refractivity contribution in [3.63, 3.8) is 0 Å². The summed E-state index contributed by atoms with van der Waals surface area (Å²) in [5.41, 5.74) is 3.11. The highest BCUT2D eigenvalue weighted by Gasteiger charge is 2.11. The summed E-state index contributed by atoms with van der Waals surface area (Å²) in [4.78, 5) is 0. The van der Waals surface area contributed by atoms with Crippen LogP contribution in [0.3, 0.4) is 0 Å². The van der Waals surface area contributed by atoms with E-state index in [1.54, 1.807) is 7.11 Å². The number of aryl methyl sites for hydroxylation is 1. The van der Waals surface area contributed by atoms with E-state index in [1.807, 2.05) is 43.3 Å². The number of hydrogen-bond donors (Lipinski definition) is 1. The molecule has 1 N–H and O–H groups in total. The van der Waals surface area contributed by atoms with Gasteiger partial charge in [0.1, 0.15) is 5.75 Å². The molecule has 2 aromatic rings. The molecule has 0 bridgehead atoms. The van der Waals surface area contributed by atoms with Crippen LogP contribution in [0.5, 0.6) is 5.75 Å². The first-order valence-corrected chi connectivity index (χ1v) is 7.86. The predicted molar refractivity (Wildman–Crippen MR) is 88.2 cm³/mol. The third kappa shape index (κ3) is 3.62. The van der Waals surface area contributed by atoms with E-state index < -0.39 is 6.10 Å². The van der Waals surface area contributed by atoms with Crippen LogP contribution in [0, 0.1) is 6.92 Å². The normalized spacial score (nSPS) is 12.2. The lowest BCUT2D eigenvalue weighted by Crippen LogP contribution is -2.02. The molecular weight excluding hydrogens is 384 g/mol. The zero-order chi connectivity index (χ0) is 14.7. The first-order chi connectivity index (χ1) is 9.51. The van der Waals surface area contributed by atoms with Crippen LogP contribution in [-0.4, -0.2) is 12.2 Å². The van der Waals surface area contributed by atoms with Gasteiger partial charge in [-0.1, -0.05) is 34.1 Å². The van der Waals surface area contributed by atoms with Crippen LogP contribution in [0.15, 0.2) is 45.3 Å². The van der Waals surface area contributed by atoms with E-state index in [2.05, 4.69) is 31.9 Å². The van der Waals surface area contributed by atoms with Crippen molar-refractivity contribution >= 4 is 31.9 Å². The molecule has 0 fully saturated rings. The average molecular weight is 400 g/mol. The largest absolute Gasteiger partial charge is 0.496 e. The monoisotopic (exact) mass is 398 g/mol. The second-order valence-electron chi connectivity index (χ2n) is 4.70. The molecule has 1 unspecified atom stereocenters. The van der Waals surface area contributed by atoms with E-state index in [-0.39, 0.29) is 0 Å². The van der Waals surface area contributed by atoms with Crippen molar-refractivity contribution in [2.75, 3.05) is 7.11 Å². The zero-order valence-corrected chi connectivity index (χ0v) is 14.5. The summed E-state index contributed by atoms with van der Waals surface area (Å²) in [6.45, 7) is 2.02. The van der Waals surface area contributed by atoms with Gasteiger partial charge in [-0.05, 0) is 57.7 Å². The maximum absolute atomic E-state index is 10.3.